The first kappa shape index (κ1) is 15.3. The van der Waals surface area contributed by atoms with Crippen LogP contribution in [0.15, 0.2) is 22.7 Å². The average molecular weight is 346 g/mol. The van der Waals surface area contributed by atoms with Crippen molar-refractivity contribution in [3.8, 4) is 0 Å². The van der Waals surface area contributed by atoms with Gasteiger partial charge in [0.1, 0.15) is 0 Å². The summed E-state index contributed by atoms with van der Waals surface area (Å²) in [6.07, 6.45) is 4.73. The summed E-state index contributed by atoms with van der Waals surface area (Å²) >= 11 is 9.69. The smallest absolute Gasteiger partial charge is 0.0510 e. The van der Waals surface area contributed by atoms with Crippen molar-refractivity contribution in [2.24, 2.45) is 5.73 Å². The molecule has 19 heavy (non-hydrogen) atoms. The number of hydrogen-bond donors (Lipinski definition) is 1. The van der Waals surface area contributed by atoms with Crippen LogP contribution in [0.1, 0.15) is 44.2 Å². The minimum Gasteiger partial charge on any atom is -0.326 e. The van der Waals surface area contributed by atoms with E-state index in [0.717, 1.165) is 35.4 Å². The van der Waals surface area contributed by atoms with Crippen LogP contribution < -0.4 is 5.73 Å². The van der Waals surface area contributed by atoms with Gasteiger partial charge in [-0.3, -0.25) is 4.90 Å². The van der Waals surface area contributed by atoms with Gasteiger partial charge in [0.05, 0.1) is 6.04 Å². The Kier molecular flexibility index (Phi) is 5.70. The van der Waals surface area contributed by atoms with Crippen LogP contribution in [0, 0.1) is 0 Å². The van der Waals surface area contributed by atoms with Crippen LogP contribution in [0.3, 0.4) is 0 Å². The summed E-state index contributed by atoms with van der Waals surface area (Å²) in [5, 5.41) is 0.764. The molecule has 1 aromatic carbocycles. The summed E-state index contributed by atoms with van der Waals surface area (Å²) in [7, 11) is 0. The third kappa shape index (κ3) is 3.72. The highest BCUT2D eigenvalue weighted by molar-refractivity contribution is 9.10. The predicted octanol–water partition coefficient (Wildman–Crippen LogP) is 4.37. The molecule has 1 heterocycles. The van der Waals surface area contributed by atoms with E-state index in [9.17, 15) is 0 Å². The molecule has 0 aromatic heterocycles. The van der Waals surface area contributed by atoms with Crippen LogP contribution in [0.2, 0.25) is 5.02 Å². The fourth-order valence-electron chi connectivity index (χ4n) is 2.97. The lowest BCUT2D eigenvalue weighted by molar-refractivity contribution is 0.185. The van der Waals surface area contributed by atoms with Gasteiger partial charge in [0.2, 0.25) is 0 Å². The largest absolute Gasteiger partial charge is 0.326 e. The van der Waals surface area contributed by atoms with E-state index in [-0.39, 0.29) is 6.04 Å². The van der Waals surface area contributed by atoms with E-state index in [0.29, 0.717) is 6.04 Å². The Labute approximate surface area is 129 Å². The molecule has 4 heteroatoms. The van der Waals surface area contributed by atoms with Crippen LogP contribution in [0.5, 0.6) is 0 Å². The van der Waals surface area contributed by atoms with Gasteiger partial charge < -0.3 is 5.73 Å². The molecule has 0 radical (unpaired) electrons. The highest BCUT2D eigenvalue weighted by Gasteiger charge is 2.29. The Morgan fingerprint density at radius 1 is 1.42 bits per heavy atom. The molecule has 0 bridgehead atoms. The van der Waals surface area contributed by atoms with Gasteiger partial charge in [-0.05, 0) is 50.0 Å². The molecule has 1 aliphatic heterocycles. The second-order valence-electron chi connectivity index (χ2n) is 5.31. The predicted molar refractivity (Wildman–Crippen MR) is 85.6 cm³/mol. The number of rotatable bonds is 3. The number of nitrogens with zero attached hydrogens (tertiary/aromatic N) is 1. The van der Waals surface area contributed by atoms with Gasteiger partial charge in [-0.2, -0.15) is 0 Å². The molecule has 106 valence electrons. The molecule has 2 unspecified atom stereocenters. The Hall–Kier alpha value is -0.0900. The molecular formula is C15H22BrClN2. The monoisotopic (exact) mass is 344 g/mol. The average Bonchev–Trinajstić information content (AvgIpc) is 2.53. The zero-order valence-electron chi connectivity index (χ0n) is 11.4. The second-order valence-corrected chi connectivity index (χ2v) is 6.60. The van der Waals surface area contributed by atoms with E-state index >= 15 is 0 Å². The first-order chi connectivity index (χ1) is 9.13. The van der Waals surface area contributed by atoms with Gasteiger partial charge in [-0.15, -0.1) is 0 Å². The highest BCUT2D eigenvalue weighted by atomic mass is 79.9. The van der Waals surface area contributed by atoms with Crippen molar-refractivity contribution in [3.63, 3.8) is 0 Å². The molecule has 2 nitrogen and oxygen atoms in total. The molecule has 1 aromatic rings. The Bertz CT molecular complexity index is 425. The van der Waals surface area contributed by atoms with Crippen molar-refractivity contribution >= 4 is 27.5 Å². The van der Waals surface area contributed by atoms with Crippen molar-refractivity contribution in [1.82, 2.24) is 4.90 Å². The summed E-state index contributed by atoms with van der Waals surface area (Å²) < 4.78 is 1.07. The van der Waals surface area contributed by atoms with E-state index in [1.807, 2.05) is 12.1 Å². The van der Waals surface area contributed by atoms with Crippen LogP contribution in [0.4, 0.5) is 0 Å². The maximum atomic E-state index is 6.44. The molecular weight excluding hydrogens is 324 g/mol. The van der Waals surface area contributed by atoms with Gasteiger partial charge in [-0.1, -0.05) is 46.9 Å². The van der Waals surface area contributed by atoms with Gasteiger partial charge in [-0.25, -0.2) is 0 Å². The van der Waals surface area contributed by atoms with Gasteiger partial charge >= 0.3 is 0 Å². The Morgan fingerprint density at radius 3 is 2.89 bits per heavy atom. The first-order valence-corrected chi connectivity index (χ1v) is 8.25. The number of benzene rings is 1. The number of hydrogen-bond acceptors (Lipinski definition) is 2. The first-order valence-electron chi connectivity index (χ1n) is 7.08. The lowest BCUT2D eigenvalue weighted by atomic mass is 9.96. The second kappa shape index (κ2) is 7.07. The quantitative estimate of drug-likeness (QED) is 0.881. The van der Waals surface area contributed by atoms with Crippen molar-refractivity contribution in [2.75, 3.05) is 13.1 Å². The zero-order chi connectivity index (χ0) is 13.8. The molecule has 2 atom stereocenters. The minimum absolute atomic E-state index is 0.200. The van der Waals surface area contributed by atoms with E-state index in [1.165, 1.54) is 18.4 Å². The molecule has 0 saturated carbocycles. The third-order valence-corrected chi connectivity index (χ3v) is 4.75. The van der Waals surface area contributed by atoms with Crippen LogP contribution in [-0.4, -0.2) is 24.0 Å². The normalized spacial score (nSPS) is 25.3. The fraction of sp³-hybridized carbons (Fsp3) is 0.600. The van der Waals surface area contributed by atoms with Gasteiger partial charge in [0.15, 0.2) is 0 Å². The SMILES string of the molecule is CCCN1CCCCC(N)C1c1ccc(Cl)cc1Br. The summed E-state index contributed by atoms with van der Waals surface area (Å²) in [6, 6.07) is 6.55. The van der Waals surface area contributed by atoms with E-state index in [2.05, 4.69) is 33.8 Å². The van der Waals surface area contributed by atoms with Crippen LogP contribution >= 0.6 is 27.5 Å². The molecule has 2 N–H and O–H groups in total. The highest BCUT2D eigenvalue weighted by Crippen LogP contribution is 2.35. The standard InChI is InChI=1S/C15H22BrClN2/c1-2-8-19-9-4-3-5-14(18)15(19)12-7-6-11(17)10-13(12)16/h6-7,10,14-15H,2-5,8-9,18H2,1H3. The minimum atomic E-state index is 0.200. The lowest BCUT2D eigenvalue weighted by Gasteiger charge is -2.34. The molecule has 0 aliphatic carbocycles. The number of nitrogens with two attached hydrogens (primary N) is 1. The summed E-state index contributed by atoms with van der Waals surface area (Å²) in [6.45, 7) is 4.47. The van der Waals surface area contributed by atoms with Crippen LogP contribution in [-0.2, 0) is 0 Å². The van der Waals surface area contributed by atoms with E-state index in [1.54, 1.807) is 0 Å². The maximum Gasteiger partial charge on any atom is 0.0510 e. The molecule has 1 saturated heterocycles. The molecule has 0 spiro atoms. The van der Waals surface area contributed by atoms with Gasteiger partial charge in [0.25, 0.3) is 0 Å². The number of likely N-dealkylation sites (tertiary alicyclic amines) is 1. The summed E-state index contributed by atoms with van der Waals surface area (Å²) in [5.41, 5.74) is 7.71. The summed E-state index contributed by atoms with van der Waals surface area (Å²) in [5.74, 6) is 0. The topological polar surface area (TPSA) is 29.3 Å². The van der Waals surface area contributed by atoms with E-state index in [4.69, 9.17) is 17.3 Å². The van der Waals surface area contributed by atoms with Crippen LogP contribution in [0.25, 0.3) is 0 Å². The van der Waals surface area contributed by atoms with Crippen molar-refractivity contribution in [3.05, 3.63) is 33.3 Å². The molecule has 1 aliphatic rings. The molecule has 2 rings (SSSR count). The molecule has 0 amide bonds. The third-order valence-electron chi connectivity index (χ3n) is 3.82. The van der Waals surface area contributed by atoms with Crippen molar-refractivity contribution < 1.29 is 0 Å². The summed E-state index contributed by atoms with van der Waals surface area (Å²) in [4.78, 5) is 2.53. The number of halogens is 2. The Morgan fingerprint density at radius 2 is 2.21 bits per heavy atom. The van der Waals surface area contributed by atoms with Gasteiger partial charge in [0, 0.05) is 15.5 Å². The maximum absolute atomic E-state index is 6.44. The Balaban J connectivity index is 2.34. The molecule has 1 fully saturated rings. The fourth-order valence-corrected chi connectivity index (χ4v) is 3.89. The van der Waals surface area contributed by atoms with Crippen molar-refractivity contribution in [2.45, 2.75) is 44.7 Å². The van der Waals surface area contributed by atoms with E-state index < -0.39 is 0 Å². The zero-order valence-corrected chi connectivity index (χ0v) is 13.8. The van der Waals surface area contributed by atoms with Crippen molar-refractivity contribution in [1.29, 1.82) is 0 Å². The lowest BCUT2D eigenvalue weighted by Crippen LogP contribution is -2.40.